The maximum atomic E-state index is 12.3. The lowest BCUT2D eigenvalue weighted by molar-refractivity contribution is -0.154. The molecule has 1 aliphatic heterocycles. The van der Waals surface area contributed by atoms with Crippen molar-refractivity contribution in [3.05, 3.63) is 23.9 Å². The summed E-state index contributed by atoms with van der Waals surface area (Å²) in [4.78, 5) is 30.3. The van der Waals surface area contributed by atoms with Gasteiger partial charge in [0.1, 0.15) is 11.9 Å². The zero-order valence-corrected chi connectivity index (χ0v) is 16.8. The van der Waals surface area contributed by atoms with Crippen LogP contribution in [0.5, 0.6) is 0 Å². The lowest BCUT2D eigenvalue weighted by Crippen LogP contribution is -2.61. The highest BCUT2D eigenvalue weighted by molar-refractivity contribution is 5.81. The summed E-state index contributed by atoms with van der Waals surface area (Å²) in [7, 11) is 0. The van der Waals surface area contributed by atoms with Crippen molar-refractivity contribution >= 4 is 17.8 Å². The maximum Gasteiger partial charge on any atom is 0.407 e. The average molecular weight is 409 g/mol. The number of nitriles is 1. The van der Waals surface area contributed by atoms with Gasteiger partial charge in [0.25, 0.3) is 0 Å². The highest BCUT2D eigenvalue weighted by atomic mass is 16.4. The monoisotopic (exact) mass is 409 g/mol. The van der Waals surface area contributed by atoms with E-state index in [1.807, 2.05) is 0 Å². The molecule has 30 heavy (non-hydrogen) atoms. The van der Waals surface area contributed by atoms with Gasteiger partial charge in [0, 0.05) is 18.2 Å². The average Bonchev–Trinajstić information content (AvgIpc) is 3.11. The van der Waals surface area contributed by atoms with Crippen LogP contribution in [0.2, 0.25) is 0 Å². The van der Waals surface area contributed by atoms with Crippen molar-refractivity contribution in [1.29, 1.82) is 5.26 Å². The molecule has 0 aromatic carbocycles. The smallest absolute Gasteiger partial charge is 0.407 e. The van der Waals surface area contributed by atoms with Crippen LogP contribution < -0.4 is 11.1 Å². The number of aromatic nitrogens is 1. The molecule has 4 saturated carbocycles. The summed E-state index contributed by atoms with van der Waals surface area (Å²) >= 11 is 0. The van der Waals surface area contributed by atoms with Gasteiger partial charge in [-0.15, -0.1) is 0 Å². The molecule has 0 spiro atoms. The number of nitrogens with two attached hydrogens (primary N) is 1. The van der Waals surface area contributed by atoms with Gasteiger partial charge in [0.15, 0.2) is 0 Å². The fraction of sp³-hybridized carbons (Fsp3) is 0.636. The Morgan fingerprint density at radius 2 is 2.00 bits per heavy atom. The quantitative estimate of drug-likeness (QED) is 0.699. The molecule has 1 aromatic heterocycles. The Morgan fingerprint density at radius 3 is 2.57 bits per heavy atom. The number of hydrogen-bond donors (Lipinski definition) is 3. The van der Waals surface area contributed by atoms with Gasteiger partial charge in [-0.25, -0.2) is 9.78 Å². The van der Waals surface area contributed by atoms with Crippen molar-refractivity contribution in [2.24, 2.45) is 34.8 Å². The number of rotatable bonds is 4. The molecular weight excluding hydrogens is 382 g/mol. The van der Waals surface area contributed by atoms with Gasteiger partial charge in [-0.2, -0.15) is 5.26 Å². The molecule has 2 heterocycles. The second-order valence-corrected chi connectivity index (χ2v) is 9.74. The van der Waals surface area contributed by atoms with Crippen molar-refractivity contribution in [3.8, 4) is 6.07 Å². The first-order valence-electron chi connectivity index (χ1n) is 10.8. The van der Waals surface area contributed by atoms with E-state index in [0.29, 0.717) is 35.7 Å². The van der Waals surface area contributed by atoms with Gasteiger partial charge in [-0.05, 0) is 74.3 Å². The number of pyridine rings is 1. The standard InChI is InChI=1S/C22H27N5O3/c23-10-12-1-2-17(25-11-12)26-16-3-4-27(21(29)30)19(16)18-14-5-13-6-15(18)9-22(7-13,8-14)20(24)28/h1-2,11,13-16,18-19H,3-9H2,(H2,24,28)(H,25,26)(H,29,30)/t13?,14-,15?,16?,18?,19+,22?/m0/s1. The summed E-state index contributed by atoms with van der Waals surface area (Å²) in [6.07, 6.45) is 6.02. The van der Waals surface area contributed by atoms with Crippen LogP contribution in [0.15, 0.2) is 18.3 Å². The normalized spacial score (nSPS) is 39.0. The van der Waals surface area contributed by atoms with Crippen molar-refractivity contribution in [2.45, 2.75) is 50.6 Å². The zero-order valence-electron chi connectivity index (χ0n) is 16.8. The first kappa shape index (κ1) is 19.2. The fourth-order valence-corrected chi connectivity index (χ4v) is 7.33. The maximum absolute atomic E-state index is 12.3. The molecule has 7 atom stereocenters. The zero-order chi connectivity index (χ0) is 21.0. The topological polar surface area (TPSA) is 132 Å². The van der Waals surface area contributed by atoms with E-state index in [0.717, 1.165) is 38.5 Å². The Labute approximate surface area is 175 Å². The van der Waals surface area contributed by atoms with Crippen molar-refractivity contribution < 1.29 is 14.7 Å². The molecular formula is C22H27N5O3. The van der Waals surface area contributed by atoms with E-state index in [1.54, 1.807) is 17.0 Å². The molecule has 5 unspecified atom stereocenters. The van der Waals surface area contributed by atoms with Crippen LogP contribution in [-0.2, 0) is 4.79 Å². The molecule has 2 amide bonds. The molecule has 5 fully saturated rings. The van der Waals surface area contributed by atoms with Gasteiger partial charge in [0.2, 0.25) is 5.91 Å². The molecule has 1 aromatic rings. The second-order valence-electron chi connectivity index (χ2n) is 9.74. The number of hydrogen-bond acceptors (Lipinski definition) is 5. The van der Waals surface area contributed by atoms with Crippen molar-refractivity contribution in [1.82, 2.24) is 9.88 Å². The van der Waals surface area contributed by atoms with E-state index in [1.165, 1.54) is 6.20 Å². The second kappa shape index (κ2) is 6.86. The van der Waals surface area contributed by atoms with Crippen LogP contribution in [0.1, 0.15) is 44.1 Å². The number of carbonyl (C=O) groups is 2. The minimum atomic E-state index is -0.879. The number of likely N-dealkylation sites (tertiary alicyclic amines) is 1. The number of nitrogens with zero attached hydrogens (tertiary/aromatic N) is 3. The molecule has 0 radical (unpaired) electrons. The van der Waals surface area contributed by atoms with Crippen LogP contribution in [0.4, 0.5) is 10.6 Å². The van der Waals surface area contributed by atoms with Gasteiger partial charge in [-0.1, -0.05) is 0 Å². The largest absolute Gasteiger partial charge is 0.465 e. The molecule has 5 aliphatic rings. The number of carboxylic acid groups (broad SMARTS) is 1. The summed E-state index contributed by atoms with van der Waals surface area (Å²) in [5.74, 6) is 1.95. The SMILES string of the molecule is N#Cc1ccc(NC2CCN(C(=O)O)[C@H]2C2C3CC4C[C@H]2CC(C(N)=O)(C4)C3)nc1. The summed E-state index contributed by atoms with van der Waals surface area (Å²) in [5.41, 5.74) is 5.95. The molecule has 4 N–H and O–H groups in total. The van der Waals surface area contributed by atoms with Gasteiger partial charge < -0.3 is 21.1 Å². The molecule has 6 rings (SSSR count). The third kappa shape index (κ3) is 2.91. The lowest BCUT2D eigenvalue weighted by atomic mass is 9.44. The molecule has 1 saturated heterocycles. The highest BCUT2D eigenvalue weighted by Gasteiger charge is 2.61. The van der Waals surface area contributed by atoms with Gasteiger partial charge in [0.05, 0.1) is 17.6 Å². The summed E-state index contributed by atoms with van der Waals surface area (Å²) in [6, 6.07) is 5.38. The minimum absolute atomic E-state index is 0.0337. The van der Waals surface area contributed by atoms with E-state index < -0.39 is 6.09 Å². The molecule has 4 aliphatic carbocycles. The van der Waals surface area contributed by atoms with E-state index in [-0.39, 0.29) is 29.3 Å². The summed E-state index contributed by atoms with van der Waals surface area (Å²) < 4.78 is 0. The van der Waals surface area contributed by atoms with Gasteiger partial charge in [-0.3, -0.25) is 4.79 Å². The highest BCUT2D eigenvalue weighted by Crippen LogP contribution is 2.63. The van der Waals surface area contributed by atoms with Crippen LogP contribution in [0.25, 0.3) is 0 Å². The van der Waals surface area contributed by atoms with Crippen molar-refractivity contribution in [3.63, 3.8) is 0 Å². The first-order chi connectivity index (χ1) is 14.4. The van der Waals surface area contributed by atoms with Crippen LogP contribution >= 0.6 is 0 Å². The van der Waals surface area contributed by atoms with Crippen LogP contribution in [0, 0.1) is 40.4 Å². The molecule has 158 valence electrons. The Kier molecular flexibility index (Phi) is 4.38. The van der Waals surface area contributed by atoms with E-state index in [9.17, 15) is 14.7 Å². The Hall–Kier alpha value is -2.82. The minimum Gasteiger partial charge on any atom is -0.465 e. The Balaban J connectivity index is 1.43. The van der Waals surface area contributed by atoms with E-state index in [2.05, 4.69) is 16.4 Å². The first-order valence-corrected chi connectivity index (χ1v) is 10.8. The summed E-state index contributed by atoms with van der Waals surface area (Å²) in [6.45, 7) is 0.494. The van der Waals surface area contributed by atoms with Crippen LogP contribution in [-0.4, -0.2) is 45.6 Å². The number of carbonyl (C=O) groups excluding carboxylic acids is 1. The third-order valence-corrected chi connectivity index (χ3v) is 8.19. The Bertz CT molecular complexity index is 894. The third-order valence-electron chi connectivity index (χ3n) is 8.19. The van der Waals surface area contributed by atoms with Gasteiger partial charge >= 0.3 is 6.09 Å². The van der Waals surface area contributed by atoms with Crippen LogP contribution in [0.3, 0.4) is 0 Å². The lowest BCUT2D eigenvalue weighted by Gasteiger charge is -2.61. The van der Waals surface area contributed by atoms with E-state index in [4.69, 9.17) is 11.0 Å². The molecule has 8 nitrogen and oxygen atoms in total. The predicted molar refractivity (Wildman–Crippen MR) is 108 cm³/mol. The predicted octanol–water partition coefficient (Wildman–Crippen LogP) is 2.41. The Morgan fingerprint density at radius 1 is 1.27 bits per heavy atom. The summed E-state index contributed by atoms with van der Waals surface area (Å²) in [5, 5.41) is 22.3. The van der Waals surface area contributed by atoms with Crippen molar-refractivity contribution in [2.75, 3.05) is 11.9 Å². The van der Waals surface area contributed by atoms with E-state index >= 15 is 0 Å². The fourth-order valence-electron chi connectivity index (χ4n) is 7.33. The number of anilines is 1. The molecule has 4 bridgehead atoms. The number of nitrogens with one attached hydrogen (secondary N) is 1. The number of amides is 2. The molecule has 8 heteroatoms. The number of primary amides is 1.